The molecule has 17 heavy (non-hydrogen) atoms. The van der Waals surface area contributed by atoms with E-state index in [4.69, 9.17) is 0 Å². The smallest absolute Gasteiger partial charge is 0.116 e. The molecule has 1 aliphatic rings. The lowest BCUT2D eigenvalue weighted by molar-refractivity contribution is 0.474. The fraction of sp³-hybridized carbons (Fsp3) is 0.231. The van der Waals surface area contributed by atoms with Gasteiger partial charge in [-0.25, -0.2) is 0 Å². The number of anilines is 2. The van der Waals surface area contributed by atoms with Gasteiger partial charge in [-0.3, -0.25) is 0 Å². The Balaban J connectivity index is 2.15. The molecule has 0 amide bonds. The standard InChI is InChI=1S/C13H13NOS2/c1-13(2)14(12-4-3-7-16-12)10-6-5-9(15)8-11(10)17-13/h3-8,15H,1-2H3. The third-order valence-corrected chi connectivity index (χ3v) is 4.89. The maximum Gasteiger partial charge on any atom is 0.116 e. The molecule has 2 heterocycles. The van der Waals surface area contributed by atoms with Crippen LogP contribution in [0.5, 0.6) is 5.75 Å². The summed E-state index contributed by atoms with van der Waals surface area (Å²) in [5.41, 5.74) is 1.18. The number of fused-ring (bicyclic) bond motifs is 1. The van der Waals surface area contributed by atoms with E-state index in [2.05, 4.69) is 36.3 Å². The Morgan fingerprint density at radius 2 is 2.06 bits per heavy atom. The van der Waals surface area contributed by atoms with Crippen molar-refractivity contribution in [2.75, 3.05) is 4.90 Å². The Morgan fingerprint density at radius 1 is 1.24 bits per heavy atom. The number of aromatic hydroxyl groups is 1. The Kier molecular flexibility index (Phi) is 2.38. The number of nitrogens with zero attached hydrogens (tertiary/aromatic N) is 1. The fourth-order valence-corrected chi connectivity index (χ4v) is 4.37. The van der Waals surface area contributed by atoms with E-state index in [0.717, 1.165) is 4.90 Å². The molecule has 0 saturated carbocycles. The first-order chi connectivity index (χ1) is 8.08. The van der Waals surface area contributed by atoms with Gasteiger partial charge in [0, 0.05) is 4.90 Å². The van der Waals surface area contributed by atoms with Crippen LogP contribution in [0.1, 0.15) is 13.8 Å². The van der Waals surface area contributed by atoms with Crippen molar-refractivity contribution in [2.45, 2.75) is 23.6 Å². The molecule has 1 aromatic heterocycles. The number of thiophene rings is 1. The Hall–Kier alpha value is -1.13. The van der Waals surface area contributed by atoms with Crippen LogP contribution in [0, 0.1) is 0 Å². The van der Waals surface area contributed by atoms with Crippen molar-refractivity contribution in [1.82, 2.24) is 0 Å². The zero-order valence-electron chi connectivity index (χ0n) is 9.68. The van der Waals surface area contributed by atoms with Gasteiger partial charge < -0.3 is 10.0 Å². The van der Waals surface area contributed by atoms with E-state index in [1.165, 1.54) is 10.7 Å². The first-order valence-electron chi connectivity index (χ1n) is 5.44. The van der Waals surface area contributed by atoms with Crippen LogP contribution in [0.4, 0.5) is 10.7 Å². The van der Waals surface area contributed by atoms with Gasteiger partial charge in [0.2, 0.25) is 0 Å². The zero-order valence-corrected chi connectivity index (χ0v) is 11.3. The predicted octanol–water partition coefficient (Wildman–Crippen LogP) is 4.43. The molecule has 0 unspecified atom stereocenters. The minimum atomic E-state index is -0.0129. The number of hydrogen-bond donors (Lipinski definition) is 1. The SMILES string of the molecule is CC1(C)Sc2cc(O)ccc2N1c1cccs1. The number of phenols is 1. The van der Waals surface area contributed by atoms with Crippen LogP contribution in [-0.4, -0.2) is 9.98 Å². The zero-order chi connectivity index (χ0) is 12.0. The lowest BCUT2D eigenvalue weighted by atomic mass is 10.2. The van der Waals surface area contributed by atoms with Crippen LogP contribution in [0.3, 0.4) is 0 Å². The molecule has 3 rings (SSSR count). The van der Waals surface area contributed by atoms with Crippen LogP contribution in [-0.2, 0) is 0 Å². The van der Waals surface area contributed by atoms with E-state index in [1.807, 2.05) is 12.1 Å². The largest absolute Gasteiger partial charge is 0.508 e. The van der Waals surface area contributed by atoms with E-state index in [1.54, 1.807) is 29.2 Å². The third-order valence-electron chi connectivity index (χ3n) is 2.81. The average molecular weight is 263 g/mol. The second kappa shape index (κ2) is 3.68. The van der Waals surface area contributed by atoms with Crippen molar-refractivity contribution in [3.05, 3.63) is 35.7 Å². The van der Waals surface area contributed by atoms with Crippen molar-refractivity contribution in [3.8, 4) is 5.75 Å². The Morgan fingerprint density at radius 3 is 2.76 bits per heavy atom. The summed E-state index contributed by atoms with van der Waals surface area (Å²) in [7, 11) is 0. The van der Waals surface area contributed by atoms with Crippen LogP contribution in [0.15, 0.2) is 40.6 Å². The highest BCUT2D eigenvalue weighted by molar-refractivity contribution is 8.01. The molecule has 0 atom stereocenters. The van der Waals surface area contributed by atoms with Crippen LogP contribution >= 0.6 is 23.1 Å². The summed E-state index contributed by atoms with van der Waals surface area (Å²) >= 11 is 3.53. The summed E-state index contributed by atoms with van der Waals surface area (Å²) in [6.07, 6.45) is 0. The van der Waals surface area contributed by atoms with E-state index in [0.29, 0.717) is 5.75 Å². The highest BCUT2D eigenvalue weighted by atomic mass is 32.2. The summed E-state index contributed by atoms with van der Waals surface area (Å²) < 4.78 is 0. The van der Waals surface area contributed by atoms with Gasteiger partial charge in [-0.2, -0.15) is 0 Å². The van der Waals surface area contributed by atoms with Crippen molar-refractivity contribution >= 4 is 33.8 Å². The molecule has 2 aromatic rings. The van der Waals surface area contributed by atoms with Crippen LogP contribution in [0.2, 0.25) is 0 Å². The molecule has 1 aliphatic heterocycles. The van der Waals surface area contributed by atoms with Crippen molar-refractivity contribution < 1.29 is 5.11 Å². The average Bonchev–Trinajstić information content (AvgIpc) is 2.80. The number of hydrogen-bond acceptors (Lipinski definition) is 4. The molecule has 0 bridgehead atoms. The van der Waals surface area contributed by atoms with Gasteiger partial charge in [0.05, 0.1) is 15.6 Å². The van der Waals surface area contributed by atoms with E-state index < -0.39 is 0 Å². The minimum Gasteiger partial charge on any atom is -0.508 e. The van der Waals surface area contributed by atoms with Gasteiger partial charge in [-0.1, -0.05) is 11.8 Å². The summed E-state index contributed by atoms with van der Waals surface area (Å²) in [6.45, 7) is 4.41. The molecule has 2 nitrogen and oxygen atoms in total. The van der Waals surface area contributed by atoms with Gasteiger partial charge in [0.25, 0.3) is 0 Å². The Labute approximate surface area is 109 Å². The molecule has 1 aromatic carbocycles. The number of benzene rings is 1. The maximum atomic E-state index is 9.55. The predicted molar refractivity (Wildman–Crippen MR) is 74.5 cm³/mol. The second-order valence-corrected chi connectivity index (χ2v) is 7.06. The molecule has 1 N–H and O–H groups in total. The van der Waals surface area contributed by atoms with Crippen LogP contribution in [0.25, 0.3) is 0 Å². The lowest BCUT2D eigenvalue weighted by Crippen LogP contribution is -2.32. The summed E-state index contributed by atoms with van der Waals surface area (Å²) in [5.74, 6) is 0.333. The molecular weight excluding hydrogens is 250 g/mol. The molecule has 0 saturated heterocycles. The highest BCUT2D eigenvalue weighted by Crippen LogP contribution is 2.54. The van der Waals surface area contributed by atoms with Gasteiger partial charge in [-0.05, 0) is 49.6 Å². The first kappa shape index (κ1) is 11.0. The number of phenolic OH excluding ortho intramolecular Hbond substituents is 1. The van der Waals surface area contributed by atoms with E-state index >= 15 is 0 Å². The summed E-state index contributed by atoms with van der Waals surface area (Å²) in [5, 5.41) is 12.9. The molecule has 0 radical (unpaired) electrons. The van der Waals surface area contributed by atoms with Crippen molar-refractivity contribution in [2.24, 2.45) is 0 Å². The molecule has 0 fully saturated rings. The third kappa shape index (κ3) is 1.72. The molecule has 4 heteroatoms. The van der Waals surface area contributed by atoms with Crippen molar-refractivity contribution in [1.29, 1.82) is 0 Å². The first-order valence-corrected chi connectivity index (χ1v) is 7.13. The van der Waals surface area contributed by atoms with Gasteiger partial charge in [0.1, 0.15) is 5.75 Å². The summed E-state index contributed by atoms with van der Waals surface area (Å²) in [4.78, 5) is 3.46. The summed E-state index contributed by atoms with van der Waals surface area (Å²) in [6, 6.07) is 9.79. The van der Waals surface area contributed by atoms with Crippen molar-refractivity contribution in [3.63, 3.8) is 0 Å². The quantitative estimate of drug-likeness (QED) is 0.823. The fourth-order valence-electron chi connectivity index (χ4n) is 2.16. The topological polar surface area (TPSA) is 23.5 Å². The Bertz CT molecular complexity index is 549. The molecular formula is C13H13NOS2. The normalized spacial score (nSPS) is 17.2. The minimum absolute atomic E-state index is 0.0129. The maximum absolute atomic E-state index is 9.55. The van der Waals surface area contributed by atoms with Crippen LogP contribution < -0.4 is 4.90 Å². The molecule has 0 aliphatic carbocycles. The van der Waals surface area contributed by atoms with E-state index in [9.17, 15) is 5.11 Å². The van der Waals surface area contributed by atoms with E-state index in [-0.39, 0.29) is 4.87 Å². The van der Waals surface area contributed by atoms with Gasteiger partial charge >= 0.3 is 0 Å². The van der Waals surface area contributed by atoms with Gasteiger partial charge in [0.15, 0.2) is 0 Å². The lowest BCUT2D eigenvalue weighted by Gasteiger charge is -2.31. The monoisotopic (exact) mass is 263 g/mol. The highest BCUT2D eigenvalue weighted by Gasteiger charge is 2.38. The molecule has 0 spiro atoms. The number of thioether (sulfide) groups is 1. The van der Waals surface area contributed by atoms with Gasteiger partial charge in [-0.15, -0.1) is 11.3 Å². The molecule has 88 valence electrons. The second-order valence-electron chi connectivity index (χ2n) is 4.49. The number of rotatable bonds is 1.